The molecule has 47 heavy (non-hydrogen) atoms. The molecule has 0 radical (unpaired) electrons. The Morgan fingerprint density at radius 3 is 2.36 bits per heavy atom. The lowest BCUT2D eigenvalue weighted by atomic mass is 9.83. The van der Waals surface area contributed by atoms with Crippen molar-refractivity contribution in [2.24, 2.45) is 23.5 Å². The summed E-state index contributed by atoms with van der Waals surface area (Å²) >= 11 is 0. The SMILES string of the molecule is CCC(C)[C@H](NC(=O)N[C@H](C(=O)N1C[C@@H]2OC(C)(C)C[C@@H]2[C@H]1C(=O)NCC(=O)C(N)=O)C1CCCCC1)C(=O)OCc1ccccc1. The van der Waals surface area contributed by atoms with Crippen molar-refractivity contribution in [3.63, 3.8) is 0 Å². The Bertz CT molecular complexity index is 1310. The van der Waals surface area contributed by atoms with E-state index in [-0.39, 0.29) is 30.9 Å². The number of esters is 1. The molecule has 2 saturated heterocycles. The molecule has 3 aliphatic rings. The van der Waals surface area contributed by atoms with Crippen LogP contribution in [0.3, 0.4) is 0 Å². The Kier molecular flexibility index (Phi) is 12.0. The molecule has 0 spiro atoms. The van der Waals surface area contributed by atoms with Gasteiger partial charge in [-0.25, -0.2) is 9.59 Å². The van der Waals surface area contributed by atoms with E-state index in [1.807, 2.05) is 58.0 Å². The fourth-order valence-electron chi connectivity index (χ4n) is 7.03. The van der Waals surface area contributed by atoms with Gasteiger partial charge in [0, 0.05) is 12.5 Å². The molecule has 1 aromatic carbocycles. The predicted molar refractivity (Wildman–Crippen MR) is 171 cm³/mol. The molecular weight excluding hydrogens is 606 g/mol. The molecule has 2 aliphatic heterocycles. The minimum atomic E-state index is -1.17. The highest BCUT2D eigenvalue weighted by atomic mass is 16.5. The van der Waals surface area contributed by atoms with Crippen LogP contribution in [0, 0.1) is 17.8 Å². The van der Waals surface area contributed by atoms with E-state index in [4.69, 9.17) is 15.2 Å². The van der Waals surface area contributed by atoms with Gasteiger partial charge in [-0.05, 0) is 50.5 Å². The maximum atomic E-state index is 14.4. The zero-order valence-corrected chi connectivity index (χ0v) is 27.8. The van der Waals surface area contributed by atoms with Crippen LogP contribution in [0.5, 0.6) is 0 Å². The summed E-state index contributed by atoms with van der Waals surface area (Å²) in [6, 6.07) is 5.66. The predicted octanol–water partition coefficient (Wildman–Crippen LogP) is 1.96. The molecule has 5 N–H and O–H groups in total. The lowest BCUT2D eigenvalue weighted by Gasteiger charge is -2.36. The summed E-state index contributed by atoms with van der Waals surface area (Å²) in [5.74, 6) is -4.51. The van der Waals surface area contributed by atoms with Gasteiger partial charge in [0.1, 0.15) is 24.7 Å². The summed E-state index contributed by atoms with van der Waals surface area (Å²) in [5, 5.41) is 8.12. The number of rotatable bonds is 13. The molecular formula is C34H49N5O8. The first kappa shape index (κ1) is 35.8. The van der Waals surface area contributed by atoms with Gasteiger partial charge in [-0.15, -0.1) is 0 Å². The second-order valence-electron chi connectivity index (χ2n) is 13.7. The van der Waals surface area contributed by atoms with Gasteiger partial charge in [-0.3, -0.25) is 19.2 Å². The van der Waals surface area contributed by atoms with Crippen molar-refractivity contribution in [1.82, 2.24) is 20.9 Å². The molecule has 258 valence electrons. The molecule has 0 aromatic heterocycles. The smallest absolute Gasteiger partial charge is 0.329 e. The lowest BCUT2D eigenvalue weighted by Crippen LogP contribution is -2.60. The highest BCUT2D eigenvalue weighted by Gasteiger charge is 2.56. The number of carbonyl (C=O) groups is 6. The Labute approximate surface area is 276 Å². The number of benzene rings is 1. The van der Waals surface area contributed by atoms with Crippen molar-refractivity contribution >= 4 is 35.5 Å². The fraction of sp³-hybridized carbons (Fsp3) is 0.647. The minimum Gasteiger partial charge on any atom is -0.459 e. The van der Waals surface area contributed by atoms with Crippen LogP contribution in [0.25, 0.3) is 0 Å². The van der Waals surface area contributed by atoms with Gasteiger partial charge in [-0.1, -0.05) is 69.9 Å². The van der Waals surface area contributed by atoms with Crippen LogP contribution in [-0.4, -0.2) is 83.3 Å². The Morgan fingerprint density at radius 2 is 1.72 bits per heavy atom. The lowest BCUT2D eigenvalue weighted by molar-refractivity contribution is -0.148. The molecule has 6 atom stereocenters. The molecule has 1 saturated carbocycles. The molecule has 13 heteroatoms. The molecule has 13 nitrogen and oxygen atoms in total. The second-order valence-corrected chi connectivity index (χ2v) is 13.7. The largest absolute Gasteiger partial charge is 0.459 e. The first-order valence-electron chi connectivity index (χ1n) is 16.7. The number of ketones is 1. The van der Waals surface area contributed by atoms with Gasteiger partial charge < -0.3 is 36.1 Å². The van der Waals surface area contributed by atoms with Crippen LogP contribution in [0.1, 0.15) is 78.2 Å². The number of hydrogen-bond acceptors (Lipinski definition) is 8. The standard InChI is InChI=1S/C34H49N5O8/c1-5-20(2)26(32(44)46-19-21-12-8-6-9-13-21)37-33(45)38-27(22-14-10-7-11-15-22)31(43)39-18-25-23(16-34(3,4)47-25)28(39)30(42)36-17-24(40)29(35)41/h6,8-9,12-13,20,22-23,25-28H,5,7,10-11,14-19H2,1-4H3,(H2,35,41)(H,36,42)(H2,37,38,45)/t20?,23-,25-,26-,27-,28-/m0/s1. The monoisotopic (exact) mass is 655 g/mol. The summed E-state index contributed by atoms with van der Waals surface area (Å²) in [6.07, 6.45) is 4.87. The number of ether oxygens (including phenoxy) is 2. The van der Waals surface area contributed by atoms with E-state index >= 15 is 0 Å². The van der Waals surface area contributed by atoms with E-state index < -0.39 is 71.9 Å². The quantitative estimate of drug-likeness (QED) is 0.183. The number of likely N-dealkylation sites (tertiary alicyclic amines) is 1. The summed E-state index contributed by atoms with van der Waals surface area (Å²) in [5.41, 5.74) is 5.36. The number of amides is 5. The van der Waals surface area contributed by atoms with E-state index in [1.54, 1.807) is 0 Å². The van der Waals surface area contributed by atoms with Crippen molar-refractivity contribution in [3.05, 3.63) is 35.9 Å². The number of hydrogen-bond donors (Lipinski definition) is 4. The Morgan fingerprint density at radius 1 is 1.04 bits per heavy atom. The Balaban J connectivity index is 1.52. The number of Topliss-reactive ketones (excluding diaryl/α,β-unsaturated/α-hetero) is 1. The highest BCUT2D eigenvalue weighted by Crippen LogP contribution is 2.43. The summed E-state index contributed by atoms with van der Waals surface area (Å²) in [7, 11) is 0. The summed E-state index contributed by atoms with van der Waals surface area (Å²) in [4.78, 5) is 79.3. The van der Waals surface area contributed by atoms with Crippen LogP contribution < -0.4 is 21.7 Å². The maximum Gasteiger partial charge on any atom is 0.329 e. The summed E-state index contributed by atoms with van der Waals surface area (Å²) in [6.45, 7) is 7.18. The van der Waals surface area contributed by atoms with Crippen molar-refractivity contribution in [1.29, 1.82) is 0 Å². The zero-order valence-electron chi connectivity index (χ0n) is 27.8. The molecule has 1 aliphatic carbocycles. The first-order valence-corrected chi connectivity index (χ1v) is 16.7. The van der Waals surface area contributed by atoms with Crippen LogP contribution in [0.4, 0.5) is 4.79 Å². The number of nitrogens with zero attached hydrogens (tertiary/aromatic N) is 1. The van der Waals surface area contributed by atoms with Gasteiger partial charge in [0.2, 0.25) is 17.6 Å². The second kappa shape index (κ2) is 15.7. The van der Waals surface area contributed by atoms with Gasteiger partial charge in [0.05, 0.1) is 18.2 Å². The van der Waals surface area contributed by atoms with E-state index in [0.717, 1.165) is 24.8 Å². The highest BCUT2D eigenvalue weighted by molar-refractivity contribution is 6.36. The van der Waals surface area contributed by atoms with Crippen molar-refractivity contribution in [2.75, 3.05) is 13.1 Å². The molecule has 5 amide bonds. The maximum absolute atomic E-state index is 14.4. The van der Waals surface area contributed by atoms with E-state index in [9.17, 15) is 28.8 Å². The Hall–Kier alpha value is -4.00. The van der Waals surface area contributed by atoms with Crippen molar-refractivity contribution in [2.45, 2.75) is 109 Å². The van der Waals surface area contributed by atoms with Crippen LogP contribution >= 0.6 is 0 Å². The number of nitrogens with two attached hydrogens (primary N) is 1. The number of urea groups is 1. The number of carbonyl (C=O) groups excluding carboxylic acids is 6. The minimum absolute atomic E-state index is 0.0593. The number of nitrogens with one attached hydrogen (secondary N) is 3. The molecule has 0 bridgehead atoms. The average molecular weight is 656 g/mol. The first-order chi connectivity index (χ1) is 22.3. The van der Waals surface area contributed by atoms with Crippen LogP contribution in [-0.2, 0) is 40.1 Å². The zero-order chi connectivity index (χ0) is 34.3. The van der Waals surface area contributed by atoms with Crippen molar-refractivity contribution in [3.8, 4) is 0 Å². The average Bonchev–Trinajstić information content (AvgIpc) is 3.55. The normalized spacial score (nSPS) is 23.9. The summed E-state index contributed by atoms with van der Waals surface area (Å²) < 4.78 is 11.8. The third-order valence-electron chi connectivity index (χ3n) is 9.69. The number of fused-ring (bicyclic) bond motifs is 1. The van der Waals surface area contributed by atoms with Crippen LogP contribution in [0.15, 0.2) is 30.3 Å². The van der Waals surface area contributed by atoms with E-state index in [0.29, 0.717) is 25.7 Å². The van der Waals surface area contributed by atoms with Gasteiger partial charge in [0.15, 0.2) is 0 Å². The molecule has 1 unspecified atom stereocenters. The van der Waals surface area contributed by atoms with E-state index in [1.165, 1.54) is 4.90 Å². The number of primary amides is 1. The van der Waals surface area contributed by atoms with Gasteiger partial charge >= 0.3 is 12.0 Å². The van der Waals surface area contributed by atoms with Crippen LogP contribution in [0.2, 0.25) is 0 Å². The van der Waals surface area contributed by atoms with E-state index in [2.05, 4.69) is 16.0 Å². The van der Waals surface area contributed by atoms with Gasteiger partial charge in [0.25, 0.3) is 5.91 Å². The fourth-order valence-corrected chi connectivity index (χ4v) is 7.03. The molecule has 4 rings (SSSR count). The third-order valence-corrected chi connectivity index (χ3v) is 9.69. The molecule has 1 aromatic rings. The molecule has 2 heterocycles. The molecule has 3 fully saturated rings. The van der Waals surface area contributed by atoms with Gasteiger partial charge in [-0.2, -0.15) is 0 Å². The topological polar surface area (TPSA) is 186 Å². The third kappa shape index (κ3) is 9.09. The van der Waals surface area contributed by atoms with Crippen molar-refractivity contribution < 1.29 is 38.2 Å².